The summed E-state index contributed by atoms with van der Waals surface area (Å²) in [6.45, 7) is 4.84. The summed E-state index contributed by atoms with van der Waals surface area (Å²) in [5.74, 6) is 0.927. The van der Waals surface area contributed by atoms with Crippen molar-refractivity contribution in [3.8, 4) is 0 Å². The number of aliphatic hydroxyl groups excluding tert-OH is 1. The number of aliphatic hydroxyl groups is 1. The molecule has 1 aromatic heterocycles. The minimum Gasteiger partial charge on any atom is -0.392 e. The van der Waals surface area contributed by atoms with Crippen molar-refractivity contribution in [1.82, 2.24) is 20.1 Å². The van der Waals surface area contributed by atoms with Crippen molar-refractivity contribution in [2.75, 3.05) is 6.54 Å². The Hall–Kier alpha value is -0.940. The fraction of sp³-hybridized carbons (Fsp3) is 0.778. The smallest absolute Gasteiger partial charge is 0.150 e. The molecule has 0 unspecified atom stereocenters. The molecule has 1 aliphatic rings. The van der Waals surface area contributed by atoms with E-state index >= 15 is 0 Å². The highest BCUT2D eigenvalue weighted by Crippen LogP contribution is 2.23. The molecule has 5 nitrogen and oxygen atoms in total. The van der Waals surface area contributed by atoms with Crippen molar-refractivity contribution in [2.24, 2.45) is 0 Å². The van der Waals surface area contributed by atoms with E-state index in [2.05, 4.69) is 29.4 Å². The summed E-state index contributed by atoms with van der Waals surface area (Å²) in [5, 5.41) is 20.6. The predicted octanol–water partition coefficient (Wildman–Crippen LogP) is 0.254. The normalized spacial score (nSPS) is 27.4. The third-order valence-corrected chi connectivity index (χ3v) is 2.58. The van der Waals surface area contributed by atoms with Gasteiger partial charge in [0.2, 0.25) is 0 Å². The quantitative estimate of drug-likeness (QED) is 0.712. The van der Waals surface area contributed by atoms with Gasteiger partial charge < -0.3 is 15.0 Å². The maximum absolute atomic E-state index is 9.41. The first-order valence-corrected chi connectivity index (χ1v) is 4.99. The second kappa shape index (κ2) is 3.67. The van der Waals surface area contributed by atoms with Crippen molar-refractivity contribution in [3.05, 3.63) is 12.2 Å². The van der Waals surface area contributed by atoms with Gasteiger partial charge in [0.05, 0.1) is 12.1 Å². The van der Waals surface area contributed by atoms with Crippen molar-refractivity contribution in [1.29, 1.82) is 0 Å². The van der Waals surface area contributed by atoms with E-state index in [0.717, 1.165) is 12.2 Å². The van der Waals surface area contributed by atoms with Crippen LogP contribution in [0.15, 0.2) is 6.33 Å². The van der Waals surface area contributed by atoms with Gasteiger partial charge in [-0.1, -0.05) is 0 Å². The van der Waals surface area contributed by atoms with Crippen LogP contribution >= 0.6 is 0 Å². The topological polar surface area (TPSA) is 63.0 Å². The van der Waals surface area contributed by atoms with Crippen LogP contribution in [0.3, 0.4) is 0 Å². The molecule has 2 N–H and O–H groups in total. The molecule has 1 aliphatic heterocycles. The highest BCUT2D eigenvalue weighted by Gasteiger charge is 2.27. The van der Waals surface area contributed by atoms with Gasteiger partial charge in [0.15, 0.2) is 0 Å². The summed E-state index contributed by atoms with van der Waals surface area (Å²) in [7, 11) is 0. The summed E-state index contributed by atoms with van der Waals surface area (Å²) in [4.78, 5) is 0. The second-order valence-electron chi connectivity index (χ2n) is 4.04. The van der Waals surface area contributed by atoms with E-state index in [4.69, 9.17) is 0 Å². The number of aromatic nitrogens is 3. The lowest BCUT2D eigenvalue weighted by atomic mass is 10.2. The fourth-order valence-corrected chi connectivity index (χ4v) is 1.81. The summed E-state index contributed by atoms with van der Waals surface area (Å²) < 4.78 is 2.04. The Kier molecular flexibility index (Phi) is 2.52. The lowest BCUT2D eigenvalue weighted by Crippen LogP contribution is -2.19. The number of hydrogen-bond donors (Lipinski definition) is 2. The number of β-amino-alcohol motifs (C(OH)–C–C–N with tert-alkyl or cyclic N) is 1. The molecular formula is C9H16N4O. The molecule has 0 saturated carbocycles. The molecule has 0 spiro atoms. The Morgan fingerprint density at radius 1 is 1.64 bits per heavy atom. The average molecular weight is 196 g/mol. The van der Waals surface area contributed by atoms with Crippen LogP contribution in [0.2, 0.25) is 0 Å². The maximum atomic E-state index is 9.41. The predicted molar refractivity (Wildman–Crippen MR) is 51.8 cm³/mol. The highest BCUT2D eigenvalue weighted by molar-refractivity contribution is 5.00. The maximum Gasteiger partial charge on any atom is 0.150 e. The molecule has 0 aliphatic carbocycles. The summed E-state index contributed by atoms with van der Waals surface area (Å²) in [6.07, 6.45) is 2.22. The number of nitrogens with one attached hydrogen (secondary N) is 1. The van der Waals surface area contributed by atoms with Gasteiger partial charge in [0, 0.05) is 12.6 Å². The van der Waals surface area contributed by atoms with Gasteiger partial charge in [0.25, 0.3) is 0 Å². The summed E-state index contributed by atoms with van der Waals surface area (Å²) in [5.41, 5.74) is 0. The second-order valence-corrected chi connectivity index (χ2v) is 4.04. The monoisotopic (exact) mass is 196 g/mol. The molecule has 2 rings (SSSR count). The number of hydrogen-bond acceptors (Lipinski definition) is 4. The molecule has 1 fully saturated rings. The highest BCUT2D eigenvalue weighted by atomic mass is 16.3. The Bertz CT molecular complexity index is 310. The Balaban J connectivity index is 2.19. The number of nitrogens with zero attached hydrogens (tertiary/aromatic N) is 3. The molecule has 0 aromatic carbocycles. The lowest BCUT2D eigenvalue weighted by Gasteiger charge is -2.14. The van der Waals surface area contributed by atoms with Gasteiger partial charge in [-0.3, -0.25) is 0 Å². The summed E-state index contributed by atoms with van der Waals surface area (Å²) >= 11 is 0. The molecule has 78 valence electrons. The molecule has 0 amide bonds. The minimum absolute atomic E-state index is 0.148. The Labute approximate surface area is 83.2 Å². The first-order valence-electron chi connectivity index (χ1n) is 4.99. The lowest BCUT2D eigenvalue weighted by molar-refractivity contribution is 0.192. The van der Waals surface area contributed by atoms with E-state index in [0.29, 0.717) is 12.6 Å². The van der Waals surface area contributed by atoms with Gasteiger partial charge in [0.1, 0.15) is 12.2 Å². The van der Waals surface area contributed by atoms with Crippen LogP contribution in [0.4, 0.5) is 0 Å². The van der Waals surface area contributed by atoms with Crippen molar-refractivity contribution >= 4 is 0 Å². The van der Waals surface area contributed by atoms with Crippen molar-refractivity contribution in [2.45, 2.75) is 38.5 Å². The van der Waals surface area contributed by atoms with Gasteiger partial charge in [-0.25, -0.2) is 0 Å². The number of rotatable bonds is 2. The largest absolute Gasteiger partial charge is 0.392 e. The zero-order chi connectivity index (χ0) is 10.1. The zero-order valence-electron chi connectivity index (χ0n) is 8.51. The van der Waals surface area contributed by atoms with Gasteiger partial charge in [-0.2, -0.15) is 0 Å². The van der Waals surface area contributed by atoms with Crippen LogP contribution < -0.4 is 5.32 Å². The molecule has 0 bridgehead atoms. The van der Waals surface area contributed by atoms with E-state index < -0.39 is 0 Å². The van der Waals surface area contributed by atoms with Crippen LogP contribution in [0.25, 0.3) is 0 Å². The van der Waals surface area contributed by atoms with E-state index in [1.54, 1.807) is 6.33 Å². The Morgan fingerprint density at radius 3 is 3.00 bits per heavy atom. The minimum atomic E-state index is -0.252. The Morgan fingerprint density at radius 2 is 2.43 bits per heavy atom. The van der Waals surface area contributed by atoms with Gasteiger partial charge in [-0.05, 0) is 20.3 Å². The third-order valence-electron chi connectivity index (χ3n) is 2.58. The van der Waals surface area contributed by atoms with Crippen LogP contribution in [0.5, 0.6) is 0 Å². The van der Waals surface area contributed by atoms with Crippen LogP contribution in [-0.4, -0.2) is 32.5 Å². The fourth-order valence-electron chi connectivity index (χ4n) is 1.81. The standard InChI is InChI=1S/C9H16N4O/c1-6(2)13-5-11-12-9(13)8-3-7(14)4-10-8/h5-8,10,14H,3-4H2,1-2H3/t7-,8+/m1/s1. The van der Waals surface area contributed by atoms with Crippen LogP contribution in [0, 0.1) is 0 Å². The van der Waals surface area contributed by atoms with E-state index in [-0.39, 0.29) is 12.1 Å². The van der Waals surface area contributed by atoms with E-state index in [1.165, 1.54) is 0 Å². The van der Waals surface area contributed by atoms with Crippen LogP contribution in [0.1, 0.15) is 38.2 Å². The third kappa shape index (κ3) is 1.65. The molecule has 14 heavy (non-hydrogen) atoms. The van der Waals surface area contributed by atoms with Crippen molar-refractivity contribution < 1.29 is 5.11 Å². The summed E-state index contributed by atoms with van der Waals surface area (Å²) in [6, 6.07) is 0.509. The first-order chi connectivity index (χ1) is 6.68. The SMILES string of the molecule is CC(C)n1cnnc1[C@@H]1C[C@@H](O)CN1. The van der Waals surface area contributed by atoms with E-state index in [9.17, 15) is 5.11 Å². The van der Waals surface area contributed by atoms with E-state index in [1.807, 2.05) is 4.57 Å². The molecule has 2 atom stereocenters. The molecule has 5 heteroatoms. The molecule has 2 heterocycles. The molecule has 0 radical (unpaired) electrons. The molecule has 1 aromatic rings. The zero-order valence-corrected chi connectivity index (χ0v) is 8.51. The molecular weight excluding hydrogens is 180 g/mol. The van der Waals surface area contributed by atoms with Crippen LogP contribution in [-0.2, 0) is 0 Å². The molecule has 1 saturated heterocycles. The van der Waals surface area contributed by atoms with Gasteiger partial charge >= 0.3 is 0 Å². The van der Waals surface area contributed by atoms with Crippen molar-refractivity contribution in [3.63, 3.8) is 0 Å². The average Bonchev–Trinajstić information content (AvgIpc) is 2.70. The van der Waals surface area contributed by atoms with Gasteiger partial charge in [-0.15, -0.1) is 10.2 Å². The first kappa shape index (κ1) is 9.61.